The average molecular weight is 461 g/mol. The summed E-state index contributed by atoms with van der Waals surface area (Å²) in [6.07, 6.45) is 13.9. The van der Waals surface area contributed by atoms with Crippen molar-refractivity contribution >= 4 is 11.8 Å². The Hall–Kier alpha value is -0.810. The van der Waals surface area contributed by atoms with E-state index >= 15 is 0 Å². The quantitative estimate of drug-likeness (QED) is 0.382. The van der Waals surface area contributed by atoms with Crippen molar-refractivity contribution in [2.45, 2.75) is 109 Å². The van der Waals surface area contributed by atoms with Crippen LogP contribution in [0.1, 0.15) is 85.5 Å². The summed E-state index contributed by atoms with van der Waals surface area (Å²) >= 11 is 2.00. The van der Waals surface area contributed by atoms with Crippen LogP contribution in [0.25, 0.3) is 0 Å². The van der Waals surface area contributed by atoms with Crippen molar-refractivity contribution in [3.8, 4) is 0 Å². The van der Waals surface area contributed by atoms with Crippen molar-refractivity contribution in [1.82, 2.24) is 0 Å². The third-order valence-electron chi connectivity index (χ3n) is 8.56. The number of allylic oxidation sites excluding steroid dienone is 4. The molecule has 0 aromatic heterocycles. The van der Waals surface area contributed by atoms with Gasteiger partial charge in [-0.1, -0.05) is 56.7 Å². The van der Waals surface area contributed by atoms with E-state index in [2.05, 4.69) is 52.5 Å². The summed E-state index contributed by atoms with van der Waals surface area (Å²) in [4.78, 5) is 0. The molecule has 0 saturated heterocycles. The Morgan fingerprint density at radius 3 is 2.69 bits per heavy atom. The second-order valence-corrected chi connectivity index (χ2v) is 11.9. The van der Waals surface area contributed by atoms with Crippen LogP contribution in [0, 0.1) is 11.3 Å². The molecule has 32 heavy (non-hydrogen) atoms. The van der Waals surface area contributed by atoms with Gasteiger partial charge in [0.05, 0.1) is 17.8 Å². The molecule has 5 atom stereocenters. The van der Waals surface area contributed by atoms with Crippen molar-refractivity contribution in [3.63, 3.8) is 0 Å². The highest BCUT2D eigenvalue weighted by atomic mass is 32.2. The number of hydrogen-bond donors (Lipinski definition) is 3. The normalized spacial score (nSPS) is 34.7. The van der Waals surface area contributed by atoms with E-state index in [9.17, 15) is 15.3 Å². The first-order valence-electron chi connectivity index (χ1n) is 12.6. The minimum atomic E-state index is -0.629. The van der Waals surface area contributed by atoms with Gasteiger partial charge in [0.1, 0.15) is 0 Å². The molecule has 0 amide bonds. The van der Waals surface area contributed by atoms with Crippen LogP contribution in [0.4, 0.5) is 0 Å². The minimum Gasteiger partial charge on any atom is -0.393 e. The number of aliphatic hydroxyl groups excluding tert-OH is 2. The van der Waals surface area contributed by atoms with E-state index in [1.807, 2.05) is 11.8 Å². The third kappa shape index (κ3) is 5.46. The molecule has 3 nitrogen and oxygen atoms in total. The zero-order chi connectivity index (χ0) is 23.5. The molecule has 3 aliphatic rings. The van der Waals surface area contributed by atoms with Crippen LogP contribution >= 0.6 is 11.8 Å². The number of fused-ring (bicyclic) bond motifs is 1. The summed E-state index contributed by atoms with van der Waals surface area (Å²) < 4.78 is 0. The number of hydrogen-bond acceptors (Lipinski definition) is 4. The second-order valence-electron chi connectivity index (χ2n) is 10.5. The summed E-state index contributed by atoms with van der Waals surface area (Å²) in [5.41, 5.74) is 4.55. The SMILES string of the molecule is C=C1C(=CC=C2CCC[C@]3(C)C([C@@H](C)SCCC(O)(CC)CC)=CC[C@@H]23)C[C@@H](O)C[C@@H]1O. The molecule has 0 radical (unpaired) electrons. The van der Waals surface area contributed by atoms with E-state index in [1.165, 1.54) is 18.4 Å². The summed E-state index contributed by atoms with van der Waals surface area (Å²) in [5.74, 6) is 1.54. The lowest BCUT2D eigenvalue weighted by Crippen LogP contribution is -2.33. The Balaban J connectivity index is 1.68. The molecule has 0 aromatic rings. The summed E-state index contributed by atoms with van der Waals surface area (Å²) in [7, 11) is 0. The highest BCUT2D eigenvalue weighted by Crippen LogP contribution is 2.56. The van der Waals surface area contributed by atoms with Crippen LogP contribution in [0.3, 0.4) is 0 Å². The van der Waals surface area contributed by atoms with Gasteiger partial charge in [0, 0.05) is 11.7 Å². The lowest BCUT2D eigenvalue weighted by atomic mass is 9.64. The molecule has 0 aromatic carbocycles. The molecule has 3 N–H and O–H groups in total. The monoisotopic (exact) mass is 460 g/mol. The minimum absolute atomic E-state index is 0.212. The van der Waals surface area contributed by atoms with Crippen LogP contribution in [0.15, 0.2) is 47.1 Å². The molecule has 180 valence electrons. The molecular formula is C28H44O3S. The van der Waals surface area contributed by atoms with E-state index in [-0.39, 0.29) is 5.41 Å². The summed E-state index contributed by atoms with van der Waals surface area (Å²) in [6, 6.07) is 0. The molecule has 0 heterocycles. The third-order valence-corrected chi connectivity index (χ3v) is 9.76. The van der Waals surface area contributed by atoms with Gasteiger partial charge in [0.15, 0.2) is 0 Å². The van der Waals surface area contributed by atoms with Crippen molar-refractivity contribution in [2.24, 2.45) is 11.3 Å². The van der Waals surface area contributed by atoms with Gasteiger partial charge in [-0.15, -0.1) is 0 Å². The average Bonchev–Trinajstić information content (AvgIpc) is 3.12. The van der Waals surface area contributed by atoms with E-state index in [0.29, 0.717) is 24.0 Å². The van der Waals surface area contributed by atoms with Gasteiger partial charge in [0.25, 0.3) is 0 Å². The lowest BCUT2D eigenvalue weighted by molar-refractivity contribution is 0.0296. The predicted molar refractivity (Wildman–Crippen MR) is 137 cm³/mol. The maximum absolute atomic E-state index is 10.6. The summed E-state index contributed by atoms with van der Waals surface area (Å²) in [5, 5.41) is 31.3. The van der Waals surface area contributed by atoms with E-state index in [0.717, 1.165) is 49.0 Å². The zero-order valence-electron chi connectivity index (χ0n) is 20.6. The molecule has 0 bridgehead atoms. The molecule has 2 saturated carbocycles. The van der Waals surface area contributed by atoms with Crippen molar-refractivity contribution in [3.05, 3.63) is 47.1 Å². The van der Waals surface area contributed by atoms with Crippen LogP contribution in [0.2, 0.25) is 0 Å². The standard InChI is InChI=1S/C28H44O3S/c1-6-28(31,7-2)15-16-32-20(4)24-12-13-25-21(9-8-14-27(24,25)5)10-11-22-17-23(29)18-26(30)19(22)3/h10-12,20,23,25-26,29-31H,3,6-9,13-18H2,1-2,4-5H3/t20-,23-,25+,26+,27-/m1/s1. The van der Waals surface area contributed by atoms with Gasteiger partial charge in [-0.2, -0.15) is 11.8 Å². The smallest absolute Gasteiger partial charge is 0.0811 e. The van der Waals surface area contributed by atoms with Crippen LogP contribution < -0.4 is 0 Å². The number of aliphatic hydroxyl groups is 3. The fourth-order valence-electron chi connectivity index (χ4n) is 6.07. The number of rotatable bonds is 8. The molecule has 2 fully saturated rings. The second kappa shape index (κ2) is 10.6. The lowest BCUT2D eigenvalue weighted by Gasteiger charge is -2.42. The molecular weight excluding hydrogens is 416 g/mol. The van der Waals surface area contributed by atoms with Crippen LogP contribution in [-0.2, 0) is 0 Å². The van der Waals surface area contributed by atoms with E-state index in [1.54, 1.807) is 5.57 Å². The molecule has 0 spiro atoms. The fraction of sp³-hybridized carbons (Fsp3) is 0.714. The van der Waals surface area contributed by atoms with Gasteiger partial charge in [-0.05, 0) is 86.5 Å². The van der Waals surface area contributed by atoms with E-state index in [4.69, 9.17) is 0 Å². The predicted octanol–water partition coefficient (Wildman–Crippen LogP) is 6.11. The van der Waals surface area contributed by atoms with Gasteiger partial charge >= 0.3 is 0 Å². The molecule has 3 rings (SSSR count). The van der Waals surface area contributed by atoms with Crippen molar-refractivity contribution in [1.29, 1.82) is 0 Å². The largest absolute Gasteiger partial charge is 0.393 e. The summed E-state index contributed by atoms with van der Waals surface area (Å²) in [6.45, 7) is 13.0. The fourth-order valence-corrected chi connectivity index (χ4v) is 7.46. The Labute approximate surface area is 199 Å². The maximum atomic E-state index is 10.6. The highest BCUT2D eigenvalue weighted by Gasteiger charge is 2.46. The van der Waals surface area contributed by atoms with Gasteiger partial charge < -0.3 is 15.3 Å². The molecule has 0 aliphatic heterocycles. The van der Waals surface area contributed by atoms with Gasteiger partial charge in [0.2, 0.25) is 0 Å². The van der Waals surface area contributed by atoms with Crippen LogP contribution in [0.5, 0.6) is 0 Å². The van der Waals surface area contributed by atoms with Crippen LogP contribution in [-0.4, -0.2) is 44.1 Å². The Bertz CT molecular complexity index is 776. The molecule has 0 unspecified atom stereocenters. The maximum Gasteiger partial charge on any atom is 0.0811 e. The zero-order valence-corrected chi connectivity index (χ0v) is 21.4. The first-order valence-corrected chi connectivity index (χ1v) is 13.7. The van der Waals surface area contributed by atoms with Crippen molar-refractivity contribution < 1.29 is 15.3 Å². The Morgan fingerprint density at radius 2 is 2.00 bits per heavy atom. The molecule has 3 aliphatic carbocycles. The van der Waals surface area contributed by atoms with Gasteiger partial charge in [-0.25, -0.2) is 0 Å². The van der Waals surface area contributed by atoms with Crippen molar-refractivity contribution in [2.75, 3.05) is 5.75 Å². The first kappa shape index (κ1) is 25.8. The first-order chi connectivity index (χ1) is 15.1. The number of thioether (sulfide) groups is 1. The highest BCUT2D eigenvalue weighted by molar-refractivity contribution is 8.00. The van der Waals surface area contributed by atoms with Gasteiger partial charge in [-0.3, -0.25) is 0 Å². The molecule has 4 heteroatoms. The Kier molecular flexibility index (Phi) is 8.57. The topological polar surface area (TPSA) is 60.7 Å². The van der Waals surface area contributed by atoms with E-state index < -0.39 is 17.8 Å². The Morgan fingerprint density at radius 1 is 1.28 bits per heavy atom.